The summed E-state index contributed by atoms with van der Waals surface area (Å²) in [6.45, 7) is 0.801. The maximum Gasteiger partial charge on any atom is 0.306 e. The number of H-pyrrole nitrogens is 1. The van der Waals surface area contributed by atoms with Gasteiger partial charge in [-0.05, 0) is 42.2 Å². The Hall–Kier alpha value is -3.53. The van der Waals surface area contributed by atoms with Gasteiger partial charge >= 0.3 is 5.97 Å². The summed E-state index contributed by atoms with van der Waals surface area (Å²) in [4.78, 5) is 30.6. The number of halogens is 2. The molecule has 41 heavy (non-hydrogen) atoms. The number of carboxylic acids is 1. The summed E-state index contributed by atoms with van der Waals surface area (Å²) >= 11 is 12.8. The van der Waals surface area contributed by atoms with Crippen molar-refractivity contribution in [3.8, 4) is 6.19 Å². The number of nitrogens with zero attached hydrogens (tertiary/aromatic N) is 4. The Balaban J connectivity index is 1.42. The fraction of sp³-hybridized carbons (Fsp3) is 0.393. The monoisotopic (exact) mass is 601 g/mol. The summed E-state index contributed by atoms with van der Waals surface area (Å²) in [6, 6.07) is 8.03. The van der Waals surface area contributed by atoms with Crippen molar-refractivity contribution >= 4 is 51.7 Å². The van der Waals surface area contributed by atoms with E-state index in [1.165, 1.54) is 12.1 Å². The number of aliphatic carboxylic acids is 1. The lowest BCUT2D eigenvalue weighted by molar-refractivity contribution is -0.141. The van der Waals surface area contributed by atoms with Crippen molar-refractivity contribution in [2.75, 3.05) is 13.1 Å². The highest BCUT2D eigenvalue weighted by atomic mass is 35.5. The number of aromatic nitrogens is 2. The Labute approximate surface area is 245 Å². The molecule has 5 N–H and O–H groups in total. The molecular weight excluding hydrogens is 573 g/mol. The third-order valence-electron chi connectivity index (χ3n) is 7.23. The fourth-order valence-corrected chi connectivity index (χ4v) is 5.67. The van der Waals surface area contributed by atoms with Gasteiger partial charge in [0.15, 0.2) is 5.78 Å². The average molecular weight is 602 g/mol. The first-order chi connectivity index (χ1) is 19.6. The van der Waals surface area contributed by atoms with Crippen LogP contribution in [0, 0.1) is 17.4 Å². The highest BCUT2D eigenvalue weighted by Gasteiger charge is 2.29. The first kappa shape index (κ1) is 30.4. The number of ketones is 1. The third-order valence-corrected chi connectivity index (χ3v) is 7.83. The van der Waals surface area contributed by atoms with Gasteiger partial charge in [0.25, 0.3) is 0 Å². The van der Waals surface area contributed by atoms with E-state index in [0.717, 1.165) is 10.9 Å². The van der Waals surface area contributed by atoms with E-state index in [1.807, 2.05) is 0 Å². The van der Waals surface area contributed by atoms with E-state index >= 15 is 0 Å². The maximum absolute atomic E-state index is 13.1. The van der Waals surface area contributed by atoms with Crippen molar-refractivity contribution in [2.45, 2.75) is 50.4 Å². The zero-order valence-corrected chi connectivity index (χ0v) is 23.4. The summed E-state index contributed by atoms with van der Waals surface area (Å²) in [6.07, 6.45) is 0.879. The molecule has 1 aromatic heterocycles. The zero-order valence-electron chi connectivity index (χ0n) is 21.9. The summed E-state index contributed by atoms with van der Waals surface area (Å²) in [5, 5.41) is 57.6. The number of aliphatic hydroxyl groups is 3. The van der Waals surface area contributed by atoms with Crippen LogP contribution in [0.1, 0.15) is 65.8 Å². The number of benzene rings is 2. The number of fused-ring (bicyclic) bond motifs is 1. The van der Waals surface area contributed by atoms with Crippen LogP contribution in [0.5, 0.6) is 0 Å². The van der Waals surface area contributed by atoms with Gasteiger partial charge in [0.05, 0.1) is 51.6 Å². The summed E-state index contributed by atoms with van der Waals surface area (Å²) in [7, 11) is 0. The van der Waals surface area contributed by atoms with Gasteiger partial charge in [0.1, 0.15) is 5.84 Å². The Morgan fingerprint density at radius 3 is 2.51 bits per heavy atom. The Bertz CT molecular complexity index is 1480. The average Bonchev–Trinajstić information content (AvgIpc) is 3.57. The van der Waals surface area contributed by atoms with E-state index in [2.05, 4.69) is 15.2 Å². The molecule has 0 bridgehead atoms. The number of hydrogen-bond acceptors (Lipinski definition) is 8. The minimum absolute atomic E-state index is 0.0302. The summed E-state index contributed by atoms with van der Waals surface area (Å²) in [5.41, 5.74) is 1.55. The first-order valence-corrected chi connectivity index (χ1v) is 13.8. The number of rotatable bonds is 11. The van der Waals surface area contributed by atoms with Crippen LogP contribution >= 0.6 is 23.2 Å². The number of carbonyl (C=O) groups excluding carboxylic acids is 1. The van der Waals surface area contributed by atoms with Crippen LogP contribution < -0.4 is 0 Å². The number of nitriles is 1. The zero-order chi connectivity index (χ0) is 29.7. The van der Waals surface area contributed by atoms with Crippen LogP contribution in [0.2, 0.25) is 10.0 Å². The molecular formula is C28H29Cl2N5O6. The molecule has 0 aliphatic carbocycles. The molecule has 216 valence electrons. The van der Waals surface area contributed by atoms with E-state index in [1.54, 1.807) is 35.5 Å². The second kappa shape index (κ2) is 13.4. The molecule has 0 saturated carbocycles. The summed E-state index contributed by atoms with van der Waals surface area (Å²) in [5.74, 6) is -2.52. The molecule has 1 aliphatic heterocycles. The van der Waals surface area contributed by atoms with Crippen molar-refractivity contribution in [2.24, 2.45) is 10.9 Å². The number of amidine groups is 1. The van der Waals surface area contributed by atoms with Crippen LogP contribution in [0.3, 0.4) is 0 Å². The van der Waals surface area contributed by atoms with Crippen LogP contribution in [0.25, 0.3) is 10.9 Å². The molecule has 1 aliphatic rings. The van der Waals surface area contributed by atoms with Gasteiger partial charge in [-0.25, -0.2) is 0 Å². The maximum atomic E-state index is 13.1. The van der Waals surface area contributed by atoms with Gasteiger partial charge in [-0.3, -0.25) is 14.7 Å². The largest absolute Gasteiger partial charge is 0.481 e. The van der Waals surface area contributed by atoms with E-state index in [0.29, 0.717) is 30.9 Å². The second-order valence-corrected chi connectivity index (χ2v) is 10.9. The van der Waals surface area contributed by atoms with Gasteiger partial charge in [0, 0.05) is 37.7 Å². The highest BCUT2D eigenvalue weighted by Crippen LogP contribution is 2.35. The van der Waals surface area contributed by atoms with Crippen LogP contribution in [0.4, 0.5) is 0 Å². The van der Waals surface area contributed by atoms with Gasteiger partial charge < -0.3 is 25.3 Å². The Kier molecular flexibility index (Phi) is 9.96. The van der Waals surface area contributed by atoms with E-state index < -0.39 is 42.4 Å². The van der Waals surface area contributed by atoms with Crippen molar-refractivity contribution in [1.29, 1.82) is 5.26 Å². The molecule has 2 aromatic carbocycles. The quantitative estimate of drug-likeness (QED) is 0.0936. The lowest BCUT2D eigenvalue weighted by Crippen LogP contribution is -2.30. The SMILES string of the molecule is N#CN=C(CC[C@H](CC(=O)c1c(Cl)cc(C(O)CC(O)c2ccc3cn[nH]c3c2)cc1Cl)C(=O)O)N1CC[C@H](O)C1. The van der Waals surface area contributed by atoms with Crippen molar-refractivity contribution in [3.63, 3.8) is 0 Å². The smallest absolute Gasteiger partial charge is 0.306 e. The molecule has 1 saturated heterocycles. The number of aliphatic imine (C=N–C) groups is 1. The molecule has 13 heteroatoms. The van der Waals surface area contributed by atoms with Crippen molar-refractivity contribution in [3.05, 3.63) is 63.3 Å². The van der Waals surface area contributed by atoms with Gasteiger partial charge in [-0.2, -0.15) is 15.4 Å². The number of likely N-dealkylation sites (tertiary alicyclic amines) is 1. The second-order valence-electron chi connectivity index (χ2n) is 10.1. The lowest BCUT2D eigenvalue weighted by atomic mass is 9.92. The van der Waals surface area contributed by atoms with E-state index in [-0.39, 0.29) is 40.4 Å². The van der Waals surface area contributed by atoms with Crippen LogP contribution in [-0.2, 0) is 4.79 Å². The number of aromatic amines is 1. The number of carbonyl (C=O) groups is 2. The van der Waals surface area contributed by atoms with Crippen molar-refractivity contribution < 1.29 is 30.0 Å². The third kappa shape index (κ3) is 7.41. The predicted molar refractivity (Wildman–Crippen MR) is 152 cm³/mol. The molecule has 0 amide bonds. The number of Topliss-reactive ketones (excluding diaryl/α,β-unsaturated/α-hetero) is 1. The molecule has 2 unspecified atom stereocenters. The molecule has 11 nitrogen and oxygen atoms in total. The molecule has 4 rings (SSSR count). The molecule has 0 spiro atoms. The Morgan fingerprint density at radius 1 is 1.17 bits per heavy atom. The highest BCUT2D eigenvalue weighted by molar-refractivity contribution is 6.40. The fourth-order valence-electron chi connectivity index (χ4n) is 4.96. The van der Waals surface area contributed by atoms with Crippen LogP contribution in [-0.4, -0.2) is 72.3 Å². The number of β-amino-alcohol motifs (C(OH)–C–C–N with tert-alkyl or cyclic N) is 1. The molecule has 2 heterocycles. The number of aliphatic hydroxyl groups excluding tert-OH is 3. The molecule has 0 radical (unpaired) electrons. The number of nitrogens with one attached hydrogen (secondary N) is 1. The number of carboxylic acid groups (broad SMARTS) is 1. The van der Waals surface area contributed by atoms with E-state index in [4.69, 9.17) is 28.5 Å². The minimum atomic E-state index is -1.20. The van der Waals surface area contributed by atoms with Crippen molar-refractivity contribution in [1.82, 2.24) is 15.1 Å². The minimum Gasteiger partial charge on any atom is -0.481 e. The standard InChI is InChI=1S/C28H29Cl2N5O6/c29-20-7-18(24(38)11-23(37)15-1-2-17-12-33-34-22(17)9-15)8-21(30)27(20)25(39)10-16(28(40)41)3-4-26(32-14-31)35-6-5-19(36)13-35/h1-2,7-9,12,16,19,23-24,36-38H,3-6,10-11,13H2,(H,33,34)(H,40,41)/t16-,19+,23?,24?/m1/s1. The Morgan fingerprint density at radius 2 is 1.88 bits per heavy atom. The topological polar surface area (TPSA) is 183 Å². The molecule has 3 aromatic rings. The first-order valence-electron chi connectivity index (χ1n) is 13.0. The normalized spacial score (nSPS) is 17.8. The summed E-state index contributed by atoms with van der Waals surface area (Å²) < 4.78 is 0. The van der Waals surface area contributed by atoms with Gasteiger partial charge in [0.2, 0.25) is 6.19 Å². The molecule has 4 atom stereocenters. The van der Waals surface area contributed by atoms with Gasteiger partial charge in [-0.1, -0.05) is 35.3 Å². The van der Waals surface area contributed by atoms with Crippen LogP contribution in [0.15, 0.2) is 41.5 Å². The number of hydrogen-bond donors (Lipinski definition) is 5. The predicted octanol–water partition coefficient (Wildman–Crippen LogP) is 4.03. The lowest BCUT2D eigenvalue weighted by Gasteiger charge is -2.21. The van der Waals surface area contributed by atoms with E-state index in [9.17, 15) is 30.0 Å². The molecule has 1 fully saturated rings. The van der Waals surface area contributed by atoms with Gasteiger partial charge in [-0.15, -0.1) is 0 Å².